The van der Waals surface area contributed by atoms with Crippen molar-refractivity contribution in [1.82, 2.24) is 9.88 Å². The van der Waals surface area contributed by atoms with E-state index in [9.17, 15) is 9.18 Å². The van der Waals surface area contributed by atoms with Gasteiger partial charge in [-0.15, -0.1) is 0 Å². The zero-order valence-electron chi connectivity index (χ0n) is 17.6. The molecule has 1 saturated heterocycles. The first-order valence-corrected chi connectivity index (χ1v) is 10.9. The number of amides is 1. The second-order valence-corrected chi connectivity index (χ2v) is 7.92. The summed E-state index contributed by atoms with van der Waals surface area (Å²) >= 11 is 5.41. The molecule has 33 heavy (non-hydrogen) atoms. The van der Waals surface area contributed by atoms with Crippen molar-refractivity contribution in [2.24, 2.45) is 0 Å². The summed E-state index contributed by atoms with van der Waals surface area (Å²) in [6, 6.07) is 23.6. The molecule has 0 spiro atoms. The van der Waals surface area contributed by atoms with Crippen molar-refractivity contribution in [3.05, 3.63) is 102 Å². The molecule has 5 nitrogen and oxygen atoms in total. The molecule has 1 amide bonds. The number of hydrogen-bond acceptors (Lipinski definition) is 3. The van der Waals surface area contributed by atoms with E-state index in [1.165, 1.54) is 11.0 Å². The largest absolute Gasteiger partial charge is 0.489 e. The average molecular weight is 458 g/mol. The highest BCUT2D eigenvalue weighted by atomic mass is 32.1. The van der Waals surface area contributed by atoms with Crippen LogP contribution in [0.4, 0.5) is 10.1 Å². The summed E-state index contributed by atoms with van der Waals surface area (Å²) in [5, 5.41) is 4.38. The van der Waals surface area contributed by atoms with Crippen molar-refractivity contribution in [3.63, 3.8) is 0 Å². The molecule has 0 saturated carbocycles. The van der Waals surface area contributed by atoms with Gasteiger partial charge in [-0.3, -0.25) is 9.69 Å². The molecule has 4 aromatic rings. The predicted octanol–water partition coefficient (Wildman–Crippen LogP) is 5.12. The third kappa shape index (κ3) is 4.10. The van der Waals surface area contributed by atoms with Gasteiger partial charge in [-0.1, -0.05) is 48.5 Å². The van der Waals surface area contributed by atoms with Crippen LogP contribution in [-0.2, 0) is 11.3 Å². The maximum Gasteiger partial charge on any atom is 0.281 e. The lowest BCUT2D eigenvalue weighted by molar-refractivity contribution is -0.113. The van der Waals surface area contributed by atoms with E-state index in [2.05, 4.69) is 5.32 Å². The van der Waals surface area contributed by atoms with Crippen LogP contribution in [-0.4, -0.2) is 22.2 Å². The van der Waals surface area contributed by atoms with Crippen molar-refractivity contribution in [2.75, 3.05) is 11.5 Å². The van der Waals surface area contributed by atoms with Crippen molar-refractivity contribution in [2.45, 2.75) is 6.54 Å². The van der Waals surface area contributed by atoms with E-state index in [0.717, 1.165) is 22.2 Å². The van der Waals surface area contributed by atoms with Gasteiger partial charge in [-0.2, -0.15) is 0 Å². The molecule has 2 heterocycles. The van der Waals surface area contributed by atoms with Gasteiger partial charge in [0.1, 0.15) is 12.3 Å². The number of carbonyl (C=O) groups excluding carboxylic acids is 1. The van der Waals surface area contributed by atoms with E-state index in [1.54, 1.807) is 18.2 Å². The van der Waals surface area contributed by atoms with Crippen LogP contribution in [0.2, 0.25) is 0 Å². The predicted molar refractivity (Wildman–Crippen MR) is 131 cm³/mol. The molecule has 3 aromatic carbocycles. The fourth-order valence-corrected chi connectivity index (χ4v) is 4.19. The lowest BCUT2D eigenvalue weighted by Gasteiger charge is -2.13. The van der Waals surface area contributed by atoms with Crippen molar-refractivity contribution in [1.29, 1.82) is 0 Å². The summed E-state index contributed by atoms with van der Waals surface area (Å²) in [6.07, 6.45) is 3.78. The SMILES string of the molecule is O=C1/C(=C\c2cn(CCOc3ccccc3F)c3ccccc23)NC(=S)N1c1ccccc1. The van der Waals surface area contributed by atoms with E-state index in [4.69, 9.17) is 17.0 Å². The quantitative estimate of drug-likeness (QED) is 0.322. The normalized spacial score (nSPS) is 14.8. The Morgan fingerprint density at radius 3 is 2.52 bits per heavy atom. The molecule has 1 aliphatic heterocycles. The fraction of sp³-hybridized carbons (Fsp3) is 0.0769. The Labute approximate surface area is 195 Å². The number of nitrogens with one attached hydrogen (secondary N) is 1. The Bertz CT molecular complexity index is 1380. The number of aromatic nitrogens is 1. The third-order valence-corrected chi connectivity index (χ3v) is 5.72. The van der Waals surface area contributed by atoms with Gasteiger partial charge in [-0.05, 0) is 48.6 Å². The van der Waals surface area contributed by atoms with Crippen LogP contribution in [0.1, 0.15) is 5.56 Å². The first kappa shape index (κ1) is 20.9. The summed E-state index contributed by atoms with van der Waals surface area (Å²) in [5.41, 5.74) is 3.00. The minimum Gasteiger partial charge on any atom is -0.489 e. The van der Waals surface area contributed by atoms with Crippen LogP contribution in [0.15, 0.2) is 90.8 Å². The van der Waals surface area contributed by atoms with Crippen molar-refractivity contribution in [3.8, 4) is 5.75 Å². The minimum atomic E-state index is -0.384. The van der Waals surface area contributed by atoms with Crippen LogP contribution >= 0.6 is 12.2 Å². The summed E-state index contributed by atoms with van der Waals surface area (Å²) in [4.78, 5) is 14.6. The number of para-hydroxylation sites is 3. The Balaban J connectivity index is 1.41. The Morgan fingerprint density at radius 1 is 0.970 bits per heavy atom. The van der Waals surface area contributed by atoms with Gasteiger partial charge in [0.05, 0.1) is 12.2 Å². The molecule has 1 aromatic heterocycles. The number of nitrogens with zero attached hydrogens (tertiary/aromatic N) is 2. The van der Waals surface area contributed by atoms with E-state index >= 15 is 0 Å². The number of anilines is 1. The highest BCUT2D eigenvalue weighted by Crippen LogP contribution is 2.27. The zero-order chi connectivity index (χ0) is 22.8. The number of benzene rings is 3. The molecular formula is C26H20FN3O2S. The molecule has 0 atom stereocenters. The zero-order valence-corrected chi connectivity index (χ0v) is 18.4. The lowest BCUT2D eigenvalue weighted by atomic mass is 10.1. The Hall–Kier alpha value is -3.97. The van der Waals surface area contributed by atoms with E-state index in [-0.39, 0.29) is 17.5 Å². The average Bonchev–Trinajstić information content (AvgIpc) is 3.32. The van der Waals surface area contributed by atoms with Gasteiger partial charge < -0.3 is 14.6 Å². The Kier molecular flexibility index (Phi) is 5.62. The van der Waals surface area contributed by atoms with Gasteiger partial charge in [-0.25, -0.2) is 4.39 Å². The Morgan fingerprint density at radius 2 is 1.70 bits per heavy atom. The number of carbonyl (C=O) groups is 1. The maximum absolute atomic E-state index is 13.8. The second-order valence-electron chi connectivity index (χ2n) is 7.54. The van der Waals surface area contributed by atoms with Gasteiger partial charge >= 0.3 is 0 Å². The smallest absolute Gasteiger partial charge is 0.281 e. The standard InChI is InChI=1S/C26H20FN3O2S/c27-21-11-5-7-13-24(21)32-15-14-29-17-18(20-10-4-6-12-23(20)29)16-22-25(31)30(26(33)28-22)19-8-2-1-3-9-19/h1-13,16-17H,14-15H2,(H,28,33)/b22-16+. The monoisotopic (exact) mass is 457 g/mol. The molecular weight excluding hydrogens is 437 g/mol. The first-order chi connectivity index (χ1) is 16.1. The molecule has 1 N–H and O–H groups in total. The summed E-state index contributed by atoms with van der Waals surface area (Å²) in [5.74, 6) is -0.359. The molecule has 1 fully saturated rings. The van der Waals surface area contributed by atoms with E-state index in [0.29, 0.717) is 24.0 Å². The van der Waals surface area contributed by atoms with E-state index in [1.807, 2.05) is 71.4 Å². The number of fused-ring (bicyclic) bond motifs is 1. The number of ether oxygens (including phenoxy) is 1. The molecule has 0 unspecified atom stereocenters. The van der Waals surface area contributed by atoms with Gasteiger partial charge in [0.2, 0.25) is 0 Å². The van der Waals surface area contributed by atoms with Gasteiger partial charge in [0.25, 0.3) is 5.91 Å². The van der Waals surface area contributed by atoms with Gasteiger partial charge in [0.15, 0.2) is 16.7 Å². The molecule has 5 rings (SSSR count). The number of thiocarbonyl (C=S) groups is 1. The highest BCUT2D eigenvalue weighted by molar-refractivity contribution is 7.80. The molecule has 0 bridgehead atoms. The lowest BCUT2D eigenvalue weighted by Crippen LogP contribution is -2.30. The topological polar surface area (TPSA) is 46.5 Å². The van der Waals surface area contributed by atoms with Crippen LogP contribution < -0.4 is 15.0 Å². The van der Waals surface area contributed by atoms with Crippen molar-refractivity contribution >= 4 is 45.9 Å². The number of rotatable bonds is 6. The molecule has 1 aliphatic rings. The third-order valence-electron chi connectivity index (χ3n) is 5.44. The van der Waals surface area contributed by atoms with Crippen molar-refractivity contribution < 1.29 is 13.9 Å². The first-order valence-electron chi connectivity index (χ1n) is 10.5. The summed E-state index contributed by atoms with van der Waals surface area (Å²) in [7, 11) is 0. The maximum atomic E-state index is 13.8. The molecule has 164 valence electrons. The summed E-state index contributed by atoms with van der Waals surface area (Å²) in [6.45, 7) is 0.826. The molecule has 0 aliphatic carbocycles. The van der Waals surface area contributed by atoms with Crippen LogP contribution in [0.5, 0.6) is 5.75 Å². The van der Waals surface area contributed by atoms with Crippen LogP contribution in [0, 0.1) is 5.82 Å². The van der Waals surface area contributed by atoms with Crippen LogP contribution in [0.25, 0.3) is 17.0 Å². The highest BCUT2D eigenvalue weighted by Gasteiger charge is 2.32. The fourth-order valence-electron chi connectivity index (χ4n) is 3.89. The number of halogens is 1. The minimum absolute atomic E-state index is 0.203. The number of hydrogen-bond donors (Lipinski definition) is 1. The molecule has 7 heteroatoms. The van der Waals surface area contributed by atoms with Gasteiger partial charge in [0, 0.05) is 22.7 Å². The molecule has 0 radical (unpaired) electrons. The van der Waals surface area contributed by atoms with Crippen LogP contribution in [0.3, 0.4) is 0 Å². The summed E-state index contributed by atoms with van der Waals surface area (Å²) < 4.78 is 21.5. The second kappa shape index (κ2) is 8.88. The van der Waals surface area contributed by atoms with E-state index < -0.39 is 0 Å².